The smallest absolute Gasteiger partial charge is 0.743 e. The number of rotatable bonds is 10. The summed E-state index contributed by atoms with van der Waals surface area (Å²) in [5, 5.41) is 4.17. The van der Waals surface area contributed by atoms with Gasteiger partial charge in [0, 0.05) is 5.56 Å². The Hall–Kier alpha value is -2.75. The first-order valence-corrected chi connectivity index (χ1v) is 20.5. The number of carbonyl (C=O) groups excluding carboxylic acids is 2. The van der Waals surface area contributed by atoms with E-state index in [4.69, 9.17) is 16.7 Å². The molecule has 0 radical (unpaired) electrons. The molecule has 0 heterocycles. The van der Waals surface area contributed by atoms with Gasteiger partial charge in [-0.3, -0.25) is 4.79 Å². The van der Waals surface area contributed by atoms with Crippen molar-refractivity contribution in [1.29, 1.82) is 0 Å². The van der Waals surface area contributed by atoms with Crippen LogP contribution in [-0.2, 0) is 25.0 Å². The molecule has 0 spiro atoms. The molecule has 0 saturated heterocycles. The number of alkyl halides is 4. The molecule has 0 bridgehead atoms. The Labute approximate surface area is 394 Å². The van der Waals surface area contributed by atoms with Gasteiger partial charge in [-0.05, 0) is 86.5 Å². The van der Waals surface area contributed by atoms with E-state index in [1.807, 2.05) is 54.6 Å². The number of carbonyl (C=O) groups is 2. The van der Waals surface area contributed by atoms with Gasteiger partial charge < -0.3 is 23.8 Å². The van der Waals surface area contributed by atoms with Crippen LogP contribution < -0.4 is 59.1 Å². The zero-order chi connectivity index (χ0) is 43.5. The standard InChI is InChI=1S/C17H12F2O5S.C15H9ClO.C6H15N.C2H4F2O4S.2Na/c18-17(19,25(21,22)23)10-24-16(20)15-13-7-3-1-5-11(13)9-12-6-2-4-8-14(12)15;16-15(17)14-12-7-3-1-5-10(12)9-11-6-2-4-8-13(11)14;1-4-7(5-2)6-3;3-2(4,1-5)9(6,7)8;;/h1-9H,10H2,(H,21,22,23);1-9H;4-6H2,1-3H3;5H,1H2,(H,6,7,8);;/q;;;;2*+1/p-2. The van der Waals surface area contributed by atoms with Gasteiger partial charge in [-0.1, -0.05) is 118 Å². The van der Waals surface area contributed by atoms with E-state index in [2.05, 4.69) is 36.5 Å². The van der Waals surface area contributed by atoms with Gasteiger partial charge in [0.1, 0.15) is 6.61 Å². The molecule has 0 aliphatic heterocycles. The van der Waals surface area contributed by atoms with Crippen LogP contribution in [0.15, 0.2) is 109 Å². The zero-order valence-corrected chi connectivity index (χ0v) is 39.6. The number of hydrogen-bond acceptors (Lipinski definition) is 11. The van der Waals surface area contributed by atoms with Crippen molar-refractivity contribution >= 4 is 86.1 Å². The number of aliphatic hydroxyl groups is 1. The van der Waals surface area contributed by atoms with E-state index in [1.165, 1.54) is 19.6 Å². The number of ether oxygens (including phenoxy) is 1. The largest absolute Gasteiger partial charge is 1.00 e. The van der Waals surface area contributed by atoms with Crippen LogP contribution in [0.2, 0.25) is 0 Å². The van der Waals surface area contributed by atoms with Gasteiger partial charge in [0.2, 0.25) is 0 Å². The molecule has 60 heavy (non-hydrogen) atoms. The fourth-order valence-corrected chi connectivity index (χ4v) is 6.07. The van der Waals surface area contributed by atoms with E-state index in [-0.39, 0.29) is 64.7 Å². The summed E-state index contributed by atoms with van der Waals surface area (Å²) < 4.78 is 114. The quantitative estimate of drug-likeness (QED) is 0.0532. The van der Waals surface area contributed by atoms with Crippen LogP contribution in [0.3, 0.4) is 0 Å². The van der Waals surface area contributed by atoms with Crippen LogP contribution in [0, 0.1) is 0 Å². The Morgan fingerprint density at radius 1 is 0.617 bits per heavy atom. The van der Waals surface area contributed by atoms with Crippen LogP contribution in [0.4, 0.5) is 17.6 Å². The molecule has 1 N–H and O–H groups in total. The Balaban J connectivity index is 0.000000445. The first-order valence-electron chi connectivity index (χ1n) is 17.3. The fourth-order valence-electron chi connectivity index (χ4n) is 5.50. The summed E-state index contributed by atoms with van der Waals surface area (Å²) in [6.45, 7) is 6.31. The molecule has 0 aliphatic carbocycles. The average molecular weight is 914 g/mol. The summed E-state index contributed by atoms with van der Waals surface area (Å²) in [5.74, 6) is -1.13. The number of aliphatic hydroxyl groups excluding tert-OH is 1. The monoisotopic (exact) mass is 913 g/mol. The maximum Gasteiger partial charge on any atom is 1.00 e. The number of benzene rings is 6. The molecule has 20 heteroatoms. The molecule has 0 amide bonds. The minimum absolute atomic E-state index is 0. The molecule has 0 fully saturated rings. The molecule has 0 unspecified atom stereocenters. The third-order valence-corrected chi connectivity index (χ3v) is 10.5. The van der Waals surface area contributed by atoms with E-state index < -0.39 is 55.2 Å². The van der Waals surface area contributed by atoms with Crippen molar-refractivity contribution < 1.29 is 122 Å². The molecule has 6 rings (SSSR count). The van der Waals surface area contributed by atoms with Crippen LogP contribution in [0.25, 0.3) is 43.1 Å². The molecule has 0 aliphatic rings. The van der Waals surface area contributed by atoms with Gasteiger partial charge in [0.15, 0.2) is 26.8 Å². The van der Waals surface area contributed by atoms with Crippen LogP contribution in [0.5, 0.6) is 0 Å². The van der Waals surface area contributed by atoms with E-state index in [0.29, 0.717) is 27.1 Å². The zero-order valence-electron chi connectivity index (χ0n) is 33.2. The summed E-state index contributed by atoms with van der Waals surface area (Å²) >= 11 is 5.72. The second-order valence-corrected chi connectivity index (χ2v) is 15.6. The summed E-state index contributed by atoms with van der Waals surface area (Å²) in [6.07, 6.45) is 0. The van der Waals surface area contributed by atoms with E-state index in [1.54, 1.807) is 48.5 Å². The molecular formula is C40H38ClF4NNa2O10S2. The first kappa shape index (κ1) is 55.3. The SMILES string of the molecule is CCN(CC)CC.O=C(Cl)c1c2ccccc2cc2ccccc12.O=C(OCC(F)(F)S(=O)(=O)[O-])c1c2ccccc2cc2ccccc12.O=S(=O)([O-])C(F)(F)CO.[Na+].[Na+]. The van der Waals surface area contributed by atoms with Gasteiger partial charge in [0.05, 0.1) is 5.56 Å². The van der Waals surface area contributed by atoms with Gasteiger partial charge in [0.25, 0.3) is 5.24 Å². The molecule has 6 aromatic carbocycles. The van der Waals surface area contributed by atoms with Crippen LogP contribution in [0.1, 0.15) is 41.5 Å². The first-order chi connectivity index (χ1) is 27.1. The van der Waals surface area contributed by atoms with Crippen molar-refractivity contribution in [3.8, 4) is 0 Å². The van der Waals surface area contributed by atoms with Gasteiger partial charge >= 0.3 is 75.6 Å². The number of hydrogen-bond donors (Lipinski definition) is 1. The van der Waals surface area contributed by atoms with E-state index in [9.17, 15) is 53.1 Å². The number of fused-ring (bicyclic) bond motifs is 4. The minimum Gasteiger partial charge on any atom is -0.743 e. The number of nitrogens with zero attached hydrogens (tertiary/aromatic N) is 1. The molecular weight excluding hydrogens is 876 g/mol. The molecule has 0 aromatic heterocycles. The molecule has 6 aromatic rings. The van der Waals surface area contributed by atoms with Gasteiger partial charge in [-0.2, -0.15) is 17.6 Å². The average Bonchev–Trinajstić information content (AvgIpc) is 3.18. The molecule has 0 saturated carbocycles. The second kappa shape index (κ2) is 24.2. The van der Waals surface area contributed by atoms with Crippen molar-refractivity contribution in [1.82, 2.24) is 4.90 Å². The Bertz CT molecular complexity index is 2510. The molecule has 11 nitrogen and oxygen atoms in total. The normalized spacial score (nSPS) is 11.5. The third-order valence-electron chi connectivity index (χ3n) is 8.57. The molecule has 0 atom stereocenters. The van der Waals surface area contributed by atoms with Gasteiger partial charge in [-0.15, -0.1) is 0 Å². The van der Waals surface area contributed by atoms with Crippen molar-refractivity contribution in [2.45, 2.75) is 31.3 Å². The van der Waals surface area contributed by atoms with Crippen LogP contribution in [-0.4, -0.2) is 90.5 Å². The van der Waals surface area contributed by atoms with Crippen molar-refractivity contribution in [2.24, 2.45) is 0 Å². The van der Waals surface area contributed by atoms with Crippen molar-refractivity contribution in [2.75, 3.05) is 32.8 Å². The second-order valence-electron chi connectivity index (χ2n) is 12.2. The summed E-state index contributed by atoms with van der Waals surface area (Å²) in [7, 11) is -11.6. The fraction of sp³-hybridized carbons (Fsp3) is 0.250. The molecule has 312 valence electrons. The topological polar surface area (TPSA) is 181 Å². The summed E-state index contributed by atoms with van der Waals surface area (Å²) in [5.41, 5.74) is 0.633. The number of halogens is 5. The van der Waals surface area contributed by atoms with E-state index >= 15 is 0 Å². The van der Waals surface area contributed by atoms with E-state index in [0.717, 1.165) is 21.5 Å². The van der Waals surface area contributed by atoms with Crippen LogP contribution >= 0.6 is 11.6 Å². The predicted molar refractivity (Wildman–Crippen MR) is 213 cm³/mol. The third kappa shape index (κ3) is 14.4. The van der Waals surface area contributed by atoms with Crippen molar-refractivity contribution in [3.05, 3.63) is 120 Å². The van der Waals surface area contributed by atoms with Crippen molar-refractivity contribution in [3.63, 3.8) is 0 Å². The number of esters is 1. The Morgan fingerprint density at radius 3 is 1.15 bits per heavy atom. The predicted octanol–water partition coefficient (Wildman–Crippen LogP) is 2.13. The maximum absolute atomic E-state index is 13.3. The van der Waals surface area contributed by atoms with Gasteiger partial charge in [-0.25, -0.2) is 21.6 Å². The summed E-state index contributed by atoms with van der Waals surface area (Å²) in [4.78, 5) is 26.4. The maximum atomic E-state index is 13.3. The Morgan fingerprint density at radius 2 is 0.917 bits per heavy atom. The Kier molecular flexibility index (Phi) is 22.3. The summed E-state index contributed by atoms with van der Waals surface area (Å²) in [6, 6.07) is 33.1. The minimum atomic E-state index is -5.93.